The highest BCUT2D eigenvalue weighted by molar-refractivity contribution is 7.20. The standard InChI is InChI=1S/C26H29N3O3S/c1-16-7-8-20(13-18(16)3)29-15-19(14-23(29)30)25(31)28-11-9-21(10-12-28)32-26-27-24-17(2)5-4-6-22(24)33-26/h4-8,13,19,21H,9-12,14-15H2,1-3H3. The van der Waals surface area contributed by atoms with E-state index in [1.54, 1.807) is 16.2 Å². The lowest BCUT2D eigenvalue weighted by Crippen LogP contribution is -2.44. The van der Waals surface area contributed by atoms with E-state index >= 15 is 0 Å². The average Bonchev–Trinajstić information content (AvgIpc) is 3.40. The Morgan fingerprint density at radius 3 is 2.58 bits per heavy atom. The molecule has 33 heavy (non-hydrogen) atoms. The van der Waals surface area contributed by atoms with Crippen molar-refractivity contribution in [3.8, 4) is 5.19 Å². The molecule has 2 amide bonds. The summed E-state index contributed by atoms with van der Waals surface area (Å²) in [6.45, 7) is 7.93. The number of carbonyl (C=O) groups excluding carboxylic acids is 2. The number of benzene rings is 2. The largest absolute Gasteiger partial charge is 0.467 e. The summed E-state index contributed by atoms with van der Waals surface area (Å²) in [5.74, 6) is -0.159. The number of para-hydroxylation sites is 1. The predicted molar refractivity (Wildman–Crippen MR) is 131 cm³/mol. The number of aromatic nitrogens is 1. The molecule has 1 unspecified atom stereocenters. The minimum Gasteiger partial charge on any atom is -0.467 e. The second kappa shape index (κ2) is 8.78. The number of nitrogens with zero attached hydrogens (tertiary/aromatic N) is 3. The normalized spacial score (nSPS) is 19.5. The molecule has 0 bridgehead atoms. The molecular weight excluding hydrogens is 434 g/mol. The van der Waals surface area contributed by atoms with Gasteiger partial charge in [-0.1, -0.05) is 29.5 Å². The van der Waals surface area contributed by atoms with Gasteiger partial charge in [-0.2, -0.15) is 0 Å². The molecule has 0 aliphatic carbocycles. The molecule has 1 aromatic heterocycles. The first kappa shape index (κ1) is 21.9. The lowest BCUT2D eigenvalue weighted by molar-refractivity contribution is -0.137. The van der Waals surface area contributed by atoms with Gasteiger partial charge in [0, 0.05) is 44.6 Å². The molecule has 3 heterocycles. The summed E-state index contributed by atoms with van der Waals surface area (Å²) in [5.41, 5.74) is 5.39. The van der Waals surface area contributed by atoms with Crippen molar-refractivity contribution in [3.63, 3.8) is 0 Å². The van der Waals surface area contributed by atoms with Crippen molar-refractivity contribution in [1.29, 1.82) is 0 Å². The Kier molecular flexibility index (Phi) is 5.83. The first-order valence-corrected chi connectivity index (χ1v) is 12.4. The number of ether oxygens (including phenoxy) is 1. The molecule has 2 aromatic carbocycles. The van der Waals surface area contributed by atoms with Crippen LogP contribution in [0.15, 0.2) is 36.4 Å². The van der Waals surface area contributed by atoms with Gasteiger partial charge in [-0.25, -0.2) is 4.98 Å². The quantitative estimate of drug-likeness (QED) is 0.565. The van der Waals surface area contributed by atoms with Gasteiger partial charge in [-0.05, 0) is 55.7 Å². The minimum atomic E-state index is -0.274. The van der Waals surface area contributed by atoms with Gasteiger partial charge < -0.3 is 14.5 Å². The summed E-state index contributed by atoms with van der Waals surface area (Å²) in [6.07, 6.45) is 1.91. The fraction of sp³-hybridized carbons (Fsp3) is 0.423. The molecule has 0 N–H and O–H groups in total. The van der Waals surface area contributed by atoms with Crippen LogP contribution in [0.5, 0.6) is 5.19 Å². The van der Waals surface area contributed by atoms with Crippen LogP contribution in [-0.2, 0) is 9.59 Å². The molecule has 3 aromatic rings. The molecule has 5 rings (SSSR count). The summed E-state index contributed by atoms with van der Waals surface area (Å²) < 4.78 is 7.30. The van der Waals surface area contributed by atoms with Crippen LogP contribution < -0.4 is 9.64 Å². The molecule has 172 valence electrons. The number of carbonyl (C=O) groups is 2. The molecule has 2 aliphatic rings. The zero-order valence-corrected chi connectivity index (χ0v) is 20.2. The average molecular weight is 464 g/mol. The van der Waals surface area contributed by atoms with Crippen molar-refractivity contribution in [2.24, 2.45) is 5.92 Å². The summed E-state index contributed by atoms with van der Waals surface area (Å²) in [4.78, 5) is 34.1. The van der Waals surface area contributed by atoms with Crippen LogP contribution >= 0.6 is 11.3 Å². The van der Waals surface area contributed by atoms with Crippen molar-refractivity contribution in [2.45, 2.75) is 46.1 Å². The Hall–Kier alpha value is -2.93. The third-order valence-electron chi connectivity index (χ3n) is 6.90. The van der Waals surface area contributed by atoms with Crippen LogP contribution in [0.1, 0.15) is 36.0 Å². The monoisotopic (exact) mass is 463 g/mol. The third kappa shape index (κ3) is 4.34. The SMILES string of the molecule is Cc1ccc(N2CC(C(=O)N3CCC(Oc4nc5c(C)cccc5s4)CC3)CC2=O)cc1C. The van der Waals surface area contributed by atoms with E-state index in [0.717, 1.165) is 39.9 Å². The highest BCUT2D eigenvalue weighted by atomic mass is 32.1. The van der Waals surface area contributed by atoms with Gasteiger partial charge in [0.2, 0.25) is 11.8 Å². The molecule has 0 spiro atoms. The topological polar surface area (TPSA) is 62.7 Å². The summed E-state index contributed by atoms with van der Waals surface area (Å²) in [5, 5.41) is 0.703. The number of anilines is 1. The first-order valence-electron chi connectivity index (χ1n) is 11.6. The lowest BCUT2D eigenvalue weighted by atomic mass is 10.0. The molecule has 2 aliphatic heterocycles. The Morgan fingerprint density at radius 2 is 1.85 bits per heavy atom. The van der Waals surface area contributed by atoms with Crippen LogP contribution in [0.3, 0.4) is 0 Å². The zero-order chi connectivity index (χ0) is 23.1. The number of amides is 2. The van der Waals surface area contributed by atoms with Crippen molar-refractivity contribution >= 4 is 39.1 Å². The van der Waals surface area contributed by atoms with Gasteiger partial charge in [0.1, 0.15) is 6.10 Å². The van der Waals surface area contributed by atoms with E-state index in [1.807, 2.05) is 36.1 Å². The maximum absolute atomic E-state index is 13.2. The molecule has 6 nitrogen and oxygen atoms in total. The maximum atomic E-state index is 13.2. The van der Waals surface area contributed by atoms with Crippen molar-refractivity contribution in [2.75, 3.05) is 24.5 Å². The van der Waals surface area contributed by atoms with E-state index in [1.165, 1.54) is 5.56 Å². The molecule has 2 saturated heterocycles. The van der Waals surface area contributed by atoms with E-state index in [0.29, 0.717) is 24.8 Å². The fourth-order valence-electron chi connectivity index (χ4n) is 4.73. The van der Waals surface area contributed by atoms with Crippen molar-refractivity contribution in [3.05, 3.63) is 53.1 Å². The van der Waals surface area contributed by atoms with Gasteiger partial charge in [0.05, 0.1) is 16.1 Å². The van der Waals surface area contributed by atoms with E-state index in [9.17, 15) is 9.59 Å². The van der Waals surface area contributed by atoms with E-state index in [2.05, 4.69) is 31.0 Å². The van der Waals surface area contributed by atoms with Crippen LogP contribution in [0.4, 0.5) is 5.69 Å². The lowest BCUT2D eigenvalue weighted by Gasteiger charge is -2.33. The summed E-state index contributed by atoms with van der Waals surface area (Å²) >= 11 is 1.58. The molecule has 0 radical (unpaired) electrons. The van der Waals surface area contributed by atoms with Crippen LogP contribution in [-0.4, -0.2) is 47.4 Å². The Morgan fingerprint density at radius 1 is 1.06 bits per heavy atom. The number of fused-ring (bicyclic) bond motifs is 1. The molecule has 1 atom stereocenters. The molecule has 0 saturated carbocycles. The summed E-state index contributed by atoms with van der Waals surface area (Å²) in [7, 11) is 0. The second-order valence-electron chi connectivity index (χ2n) is 9.22. The number of piperidine rings is 1. The van der Waals surface area contributed by atoms with Crippen molar-refractivity contribution in [1.82, 2.24) is 9.88 Å². The molecule has 2 fully saturated rings. The third-order valence-corrected chi connectivity index (χ3v) is 7.81. The van der Waals surface area contributed by atoms with E-state index < -0.39 is 0 Å². The van der Waals surface area contributed by atoms with Gasteiger partial charge in [0.15, 0.2) is 0 Å². The highest BCUT2D eigenvalue weighted by Crippen LogP contribution is 2.32. The van der Waals surface area contributed by atoms with E-state index in [-0.39, 0.29) is 30.3 Å². The van der Waals surface area contributed by atoms with Gasteiger partial charge in [-0.15, -0.1) is 0 Å². The maximum Gasteiger partial charge on any atom is 0.274 e. The Labute approximate surface area is 198 Å². The number of likely N-dealkylation sites (tertiary alicyclic amines) is 1. The van der Waals surface area contributed by atoms with Crippen molar-refractivity contribution < 1.29 is 14.3 Å². The number of aryl methyl sites for hydroxylation is 3. The highest BCUT2D eigenvalue weighted by Gasteiger charge is 2.38. The van der Waals surface area contributed by atoms with Crippen LogP contribution in [0, 0.1) is 26.7 Å². The number of rotatable bonds is 4. The van der Waals surface area contributed by atoms with Gasteiger partial charge in [-0.3, -0.25) is 9.59 Å². The Bertz CT molecular complexity index is 1210. The van der Waals surface area contributed by atoms with Crippen LogP contribution in [0.2, 0.25) is 0 Å². The molecular formula is C26H29N3O3S. The van der Waals surface area contributed by atoms with E-state index in [4.69, 9.17) is 4.74 Å². The molecule has 7 heteroatoms. The first-order chi connectivity index (χ1) is 15.9. The second-order valence-corrected chi connectivity index (χ2v) is 10.2. The predicted octanol–water partition coefficient (Wildman–Crippen LogP) is 4.64. The smallest absolute Gasteiger partial charge is 0.274 e. The van der Waals surface area contributed by atoms with Gasteiger partial charge in [0.25, 0.3) is 5.19 Å². The zero-order valence-electron chi connectivity index (χ0n) is 19.3. The summed E-state index contributed by atoms with van der Waals surface area (Å²) in [6, 6.07) is 12.2. The number of hydrogen-bond acceptors (Lipinski definition) is 5. The number of hydrogen-bond donors (Lipinski definition) is 0. The minimum absolute atomic E-state index is 0.0287. The van der Waals surface area contributed by atoms with Crippen LogP contribution in [0.25, 0.3) is 10.2 Å². The fourth-order valence-corrected chi connectivity index (χ4v) is 5.69. The van der Waals surface area contributed by atoms with Gasteiger partial charge >= 0.3 is 0 Å². The Balaban J connectivity index is 1.18. The number of thiazole rings is 1.